The Balaban J connectivity index is 0.00000361. The Morgan fingerprint density at radius 3 is 2.53 bits per heavy atom. The van der Waals surface area contributed by atoms with Crippen LogP contribution in [0.1, 0.15) is 41.6 Å². The molecular formula is C27H35Cl3N2O4. The van der Waals surface area contributed by atoms with Crippen molar-refractivity contribution >= 4 is 41.5 Å². The van der Waals surface area contributed by atoms with Gasteiger partial charge in [0.1, 0.15) is 5.75 Å². The highest BCUT2D eigenvalue weighted by molar-refractivity contribution is 6.35. The second kappa shape index (κ2) is 13.6. The summed E-state index contributed by atoms with van der Waals surface area (Å²) in [5, 5.41) is 1.15. The number of methoxy groups -OCH3 is 2. The second-order valence-corrected chi connectivity index (χ2v) is 10.1. The molecule has 1 amide bonds. The number of amides is 1. The summed E-state index contributed by atoms with van der Waals surface area (Å²) in [5.74, 6) is 2.56. The average molecular weight is 558 g/mol. The highest BCUT2D eigenvalue weighted by Crippen LogP contribution is 2.34. The number of unbranched alkanes of at least 4 members (excludes halogenated alkanes) is 1. The Bertz CT molecular complexity index is 1040. The van der Waals surface area contributed by atoms with Crippen LogP contribution in [0.3, 0.4) is 0 Å². The number of likely N-dealkylation sites (tertiary alicyclic amines) is 1. The molecule has 0 N–H and O–H groups in total. The maximum atomic E-state index is 13.2. The smallest absolute Gasteiger partial charge is 0.254 e. The van der Waals surface area contributed by atoms with E-state index in [1.54, 1.807) is 26.4 Å². The molecule has 2 aliphatic rings. The largest absolute Gasteiger partial charge is 0.493 e. The first-order valence-corrected chi connectivity index (χ1v) is 13.1. The lowest BCUT2D eigenvalue weighted by molar-refractivity contribution is 0.0659. The van der Waals surface area contributed by atoms with Gasteiger partial charge in [-0.2, -0.15) is 0 Å². The normalized spacial score (nSPS) is 17.8. The zero-order chi connectivity index (χ0) is 24.8. The van der Waals surface area contributed by atoms with E-state index in [2.05, 4.69) is 4.90 Å². The van der Waals surface area contributed by atoms with E-state index in [4.69, 9.17) is 37.4 Å². The van der Waals surface area contributed by atoms with Crippen LogP contribution < -0.4 is 14.2 Å². The Hall–Kier alpha value is -1.86. The summed E-state index contributed by atoms with van der Waals surface area (Å²) in [5.41, 5.74) is 1.78. The average Bonchev–Trinajstić information content (AvgIpc) is 2.86. The van der Waals surface area contributed by atoms with Gasteiger partial charge < -0.3 is 24.0 Å². The summed E-state index contributed by atoms with van der Waals surface area (Å²) in [4.78, 5) is 17.8. The number of halogens is 3. The Morgan fingerprint density at radius 1 is 1.00 bits per heavy atom. The van der Waals surface area contributed by atoms with Crippen molar-refractivity contribution in [3.05, 3.63) is 51.5 Å². The number of rotatable bonds is 10. The molecular weight excluding hydrogens is 523 g/mol. The third kappa shape index (κ3) is 7.12. The number of hydrogen-bond donors (Lipinski definition) is 0. The molecule has 2 heterocycles. The van der Waals surface area contributed by atoms with E-state index < -0.39 is 0 Å². The lowest BCUT2D eigenvalue weighted by Crippen LogP contribution is -2.45. The summed E-state index contributed by atoms with van der Waals surface area (Å²) >= 11 is 12.1. The maximum absolute atomic E-state index is 13.2. The quantitative estimate of drug-likeness (QED) is 0.335. The van der Waals surface area contributed by atoms with Crippen LogP contribution in [0.15, 0.2) is 30.3 Å². The van der Waals surface area contributed by atoms with E-state index in [0.717, 1.165) is 69.5 Å². The number of carbonyl (C=O) groups excluding carboxylic acids is 1. The monoisotopic (exact) mass is 556 g/mol. The van der Waals surface area contributed by atoms with E-state index in [9.17, 15) is 4.79 Å². The van der Waals surface area contributed by atoms with Gasteiger partial charge in [-0.3, -0.25) is 4.79 Å². The molecule has 2 aliphatic heterocycles. The van der Waals surface area contributed by atoms with Crippen LogP contribution >= 0.6 is 35.6 Å². The molecule has 1 atom stereocenters. The Kier molecular flexibility index (Phi) is 10.9. The summed E-state index contributed by atoms with van der Waals surface area (Å²) in [7, 11) is 3.23. The number of carbonyl (C=O) groups is 1. The van der Waals surface area contributed by atoms with Crippen molar-refractivity contribution in [1.29, 1.82) is 0 Å². The predicted octanol–water partition coefficient (Wildman–Crippen LogP) is 6.00. The lowest BCUT2D eigenvalue weighted by Gasteiger charge is -2.37. The fourth-order valence-corrected chi connectivity index (χ4v) is 5.52. The summed E-state index contributed by atoms with van der Waals surface area (Å²) < 4.78 is 16.6. The first kappa shape index (κ1) is 28.7. The van der Waals surface area contributed by atoms with E-state index in [-0.39, 0.29) is 18.3 Å². The fourth-order valence-electron chi connectivity index (χ4n) is 5.06. The topological polar surface area (TPSA) is 51.2 Å². The molecule has 9 heteroatoms. The van der Waals surface area contributed by atoms with Crippen molar-refractivity contribution in [1.82, 2.24) is 9.80 Å². The number of fused-ring (bicyclic) bond motifs is 1. The van der Waals surface area contributed by atoms with Crippen LogP contribution in [-0.2, 0) is 6.42 Å². The molecule has 6 nitrogen and oxygen atoms in total. The van der Waals surface area contributed by atoms with Gasteiger partial charge in [-0.1, -0.05) is 23.2 Å². The van der Waals surface area contributed by atoms with Gasteiger partial charge in [0.25, 0.3) is 5.91 Å². The third-order valence-electron chi connectivity index (χ3n) is 6.88. The summed E-state index contributed by atoms with van der Waals surface area (Å²) in [6.07, 6.45) is 5.21. The van der Waals surface area contributed by atoms with E-state index in [0.29, 0.717) is 39.8 Å². The fraction of sp³-hybridized carbons (Fsp3) is 0.519. The molecule has 2 aromatic carbocycles. The SMILES string of the molecule is COc1cc2c(cc1OC)C(=O)N(CC1CCCN(CCCCOc3ccc(Cl)cc3Cl)C1)CC2.Cl. The molecule has 1 fully saturated rings. The highest BCUT2D eigenvalue weighted by Gasteiger charge is 2.29. The number of ether oxygens (including phenoxy) is 3. The van der Waals surface area contributed by atoms with Crippen LogP contribution in [0.25, 0.3) is 0 Å². The van der Waals surface area contributed by atoms with Crippen molar-refractivity contribution in [2.24, 2.45) is 5.92 Å². The molecule has 0 spiro atoms. The van der Waals surface area contributed by atoms with Crippen molar-refractivity contribution < 1.29 is 19.0 Å². The van der Waals surface area contributed by atoms with Crippen molar-refractivity contribution in [2.45, 2.75) is 32.1 Å². The van der Waals surface area contributed by atoms with Gasteiger partial charge in [0.2, 0.25) is 0 Å². The van der Waals surface area contributed by atoms with Gasteiger partial charge in [0.05, 0.1) is 25.8 Å². The molecule has 36 heavy (non-hydrogen) atoms. The van der Waals surface area contributed by atoms with E-state index in [1.807, 2.05) is 23.1 Å². The molecule has 2 aromatic rings. The highest BCUT2D eigenvalue weighted by atomic mass is 35.5. The predicted molar refractivity (Wildman–Crippen MR) is 147 cm³/mol. The first-order chi connectivity index (χ1) is 17.0. The van der Waals surface area contributed by atoms with E-state index >= 15 is 0 Å². The molecule has 1 saturated heterocycles. The van der Waals surface area contributed by atoms with Crippen LogP contribution in [0, 0.1) is 5.92 Å². The Morgan fingerprint density at radius 2 is 1.78 bits per heavy atom. The van der Waals surface area contributed by atoms with E-state index in [1.165, 1.54) is 6.42 Å². The van der Waals surface area contributed by atoms with Crippen molar-refractivity contribution in [3.63, 3.8) is 0 Å². The minimum atomic E-state index is 0. The van der Waals surface area contributed by atoms with Crippen molar-refractivity contribution in [3.8, 4) is 17.2 Å². The maximum Gasteiger partial charge on any atom is 0.254 e. The number of piperidine rings is 1. The van der Waals surface area contributed by atoms with Crippen molar-refractivity contribution in [2.75, 3.05) is 53.6 Å². The molecule has 4 rings (SSSR count). The zero-order valence-electron chi connectivity index (χ0n) is 20.9. The van der Waals surface area contributed by atoms with Gasteiger partial charge >= 0.3 is 0 Å². The van der Waals surface area contributed by atoms with Crippen LogP contribution in [0.2, 0.25) is 10.0 Å². The molecule has 0 bridgehead atoms. The van der Waals surface area contributed by atoms with Gasteiger partial charge in [0.15, 0.2) is 11.5 Å². The third-order valence-corrected chi connectivity index (χ3v) is 7.41. The standard InChI is InChI=1S/C27H34Cl2N2O4.ClH/c1-33-25-14-20-9-12-31(27(32)22(20)16-26(25)34-2)18-19-6-5-11-30(17-19)10-3-4-13-35-24-8-7-21(28)15-23(24)29;/h7-8,14-16,19H,3-6,9-13,17-18H2,1-2H3;1H. The van der Waals surface area contributed by atoms with Gasteiger partial charge in [0, 0.05) is 30.2 Å². The second-order valence-electron chi connectivity index (χ2n) is 9.30. The molecule has 0 aromatic heterocycles. The first-order valence-electron chi connectivity index (χ1n) is 12.3. The molecule has 198 valence electrons. The molecule has 0 saturated carbocycles. The van der Waals surface area contributed by atoms with Crippen LogP contribution in [0.4, 0.5) is 0 Å². The number of benzene rings is 2. The van der Waals surface area contributed by atoms with Gasteiger partial charge in [-0.25, -0.2) is 0 Å². The van der Waals surface area contributed by atoms with Crippen LogP contribution in [-0.4, -0.2) is 69.3 Å². The molecule has 0 aliphatic carbocycles. The minimum absolute atomic E-state index is 0. The summed E-state index contributed by atoms with van der Waals surface area (Å²) in [6.45, 7) is 5.39. The van der Waals surface area contributed by atoms with Gasteiger partial charge in [-0.15, -0.1) is 12.4 Å². The summed E-state index contributed by atoms with van der Waals surface area (Å²) in [6, 6.07) is 9.07. The van der Waals surface area contributed by atoms with Gasteiger partial charge in [-0.05, 0) is 87.0 Å². The minimum Gasteiger partial charge on any atom is -0.493 e. The number of nitrogens with zero attached hydrogens (tertiary/aromatic N) is 2. The van der Waals surface area contributed by atoms with Crippen LogP contribution in [0.5, 0.6) is 17.2 Å². The molecule has 1 unspecified atom stereocenters. The molecule has 0 radical (unpaired) electrons. The lowest BCUT2D eigenvalue weighted by atomic mass is 9.94. The Labute approximate surface area is 230 Å². The zero-order valence-corrected chi connectivity index (χ0v) is 23.3. The number of hydrogen-bond acceptors (Lipinski definition) is 5.